The van der Waals surface area contributed by atoms with Gasteiger partial charge in [-0.2, -0.15) is 0 Å². The minimum Gasteiger partial charge on any atom is -0.396 e. The number of aliphatic hydroxyl groups is 1. The molecule has 16 heavy (non-hydrogen) atoms. The van der Waals surface area contributed by atoms with Crippen LogP contribution in [0.5, 0.6) is 0 Å². The van der Waals surface area contributed by atoms with E-state index < -0.39 is 8.80 Å². The van der Waals surface area contributed by atoms with Crippen LogP contribution < -0.4 is 0 Å². The fraction of sp³-hybridized carbons (Fsp3) is 1.00. The molecule has 0 saturated heterocycles. The van der Waals surface area contributed by atoms with Gasteiger partial charge < -0.3 is 18.4 Å². The third-order valence-corrected chi connectivity index (χ3v) is 5.66. The molecule has 0 saturated carbocycles. The molecule has 0 radical (unpaired) electrons. The second kappa shape index (κ2) is 10.2. The molecule has 4 nitrogen and oxygen atoms in total. The van der Waals surface area contributed by atoms with Crippen LogP contribution in [0.3, 0.4) is 0 Å². The van der Waals surface area contributed by atoms with Gasteiger partial charge in [-0.25, -0.2) is 0 Å². The number of hydrogen-bond donors (Lipinski definition) is 1. The van der Waals surface area contributed by atoms with Crippen LogP contribution in [0.2, 0.25) is 6.04 Å². The van der Waals surface area contributed by atoms with Gasteiger partial charge in [-0.3, -0.25) is 0 Å². The van der Waals surface area contributed by atoms with Crippen molar-refractivity contribution in [2.24, 2.45) is 0 Å². The molecule has 0 aromatic carbocycles. The van der Waals surface area contributed by atoms with Crippen molar-refractivity contribution < 1.29 is 18.4 Å². The average Bonchev–Trinajstić information content (AvgIpc) is 2.34. The highest BCUT2D eigenvalue weighted by molar-refractivity contribution is 6.60. The van der Waals surface area contributed by atoms with E-state index in [1.54, 1.807) is 21.3 Å². The molecule has 1 N–H and O–H groups in total. The van der Waals surface area contributed by atoms with Crippen molar-refractivity contribution in [1.82, 2.24) is 0 Å². The lowest BCUT2D eigenvalue weighted by molar-refractivity contribution is 0.122. The van der Waals surface area contributed by atoms with Crippen LogP contribution in [0.25, 0.3) is 0 Å². The van der Waals surface area contributed by atoms with Gasteiger partial charge in [0.2, 0.25) is 0 Å². The van der Waals surface area contributed by atoms with Gasteiger partial charge >= 0.3 is 8.80 Å². The summed E-state index contributed by atoms with van der Waals surface area (Å²) in [4.78, 5) is 0. The molecule has 0 aromatic heterocycles. The maximum atomic E-state index is 8.63. The van der Waals surface area contributed by atoms with Crippen LogP contribution in [0.15, 0.2) is 0 Å². The molecule has 0 aliphatic carbocycles. The topological polar surface area (TPSA) is 47.9 Å². The fourth-order valence-electron chi connectivity index (χ4n) is 1.72. The van der Waals surface area contributed by atoms with Crippen LogP contribution >= 0.6 is 0 Å². The zero-order chi connectivity index (χ0) is 12.3. The molecule has 0 aliphatic heterocycles. The van der Waals surface area contributed by atoms with Gasteiger partial charge in [-0.15, -0.1) is 0 Å². The van der Waals surface area contributed by atoms with E-state index in [2.05, 4.69) is 0 Å². The molecule has 0 heterocycles. The zero-order valence-corrected chi connectivity index (χ0v) is 11.8. The lowest BCUT2D eigenvalue weighted by Gasteiger charge is -2.24. The molecule has 0 atom stereocenters. The largest absolute Gasteiger partial charge is 0.500 e. The lowest BCUT2D eigenvalue weighted by Crippen LogP contribution is -2.42. The summed E-state index contributed by atoms with van der Waals surface area (Å²) in [6, 6.07) is 0.885. The SMILES string of the molecule is CO[Si](CCCCCCCCO)(OC)OC. The van der Waals surface area contributed by atoms with Crippen molar-refractivity contribution in [2.75, 3.05) is 27.9 Å². The first-order valence-corrected chi connectivity index (χ1v) is 7.94. The molecule has 98 valence electrons. The first kappa shape index (κ1) is 16.1. The summed E-state index contributed by atoms with van der Waals surface area (Å²) in [5.41, 5.74) is 0. The van der Waals surface area contributed by atoms with Gasteiger partial charge in [0.1, 0.15) is 0 Å². The number of aliphatic hydroxyl groups excluding tert-OH is 1. The highest BCUT2D eigenvalue weighted by Gasteiger charge is 2.36. The van der Waals surface area contributed by atoms with Crippen molar-refractivity contribution in [1.29, 1.82) is 0 Å². The van der Waals surface area contributed by atoms with Gasteiger partial charge in [0, 0.05) is 34.0 Å². The Morgan fingerprint density at radius 1 is 0.750 bits per heavy atom. The number of unbranched alkanes of at least 4 members (excludes halogenated alkanes) is 5. The van der Waals surface area contributed by atoms with Gasteiger partial charge in [-0.05, 0) is 12.8 Å². The Bertz CT molecular complexity index is 143. The Balaban J connectivity index is 3.48. The zero-order valence-electron chi connectivity index (χ0n) is 10.8. The van der Waals surface area contributed by atoms with Crippen molar-refractivity contribution in [3.8, 4) is 0 Å². The monoisotopic (exact) mass is 250 g/mol. The maximum Gasteiger partial charge on any atom is 0.500 e. The molecular formula is C11H26O4Si. The fourth-order valence-corrected chi connectivity index (χ4v) is 3.51. The van der Waals surface area contributed by atoms with Crippen LogP contribution in [0, 0.1) is 0 Å². The average molecular weight is 250 g/mol. The Hall–Kier alpha value is 0.0569. The summed E-state index contributed by atoms with van der Waals surface area (Å²) in [5, 5.41) is 8.63. The molecule has 0 rings (SSSR count). The molecule has 0 bridgehead atoms. The molecule has 0 aromatic rings. The number of rotatable bonds is 11. The van der Waals surface area contributed by atoms with E-state index >= 15 is 0 Å². The highest BCUT2D eigenvalue weighted by atomic mass is 28.4. The van der Waals surface area contributed by atoms with E-state index in [0.717, 1.165) is 25.3 Å². The van der Waals surface area contributed by atoms with Gasteiger partial charge in [0.15, 0.2) is 0 Å². The minimum absolute atomic E-state index is 0.313. The second-order valence-electron chi connectivity index (χ2n) is 3.89. The maximum absolute atomic E-state index is 8.63. The molecule has 5 heteroatoms. The van der Waals surface area contributed by atoms with Crippen LogP contribution in [0.4, 0.5) is 0 Å². The second-order valence-corrected chi connectivity index (χ2v) is 6.98. The van der Waals surface area contributed by atoms with Crippen LogP contribution in [-0.4, -0.2) is 41.8 Å². The van der Waals surface area contributed by atoms with E-state index in [1.807, 2.05) is 0 Å². The third kappa shape index (κ3) is 6.60. The van der Waals surface area contributed by atoms with Crippen molar-refractivity contribution in [3.63, 3.8) is 0 Å². The van der Waals surface area contributed by atoms with E-state index in [0.29, 0.717) is 6.61 Å². The van der Waals surface area contributed by atoms with E-state index in [4.69, 9.17) is 18.4 Å². The first-order valence-electron chi connectivity index (χ1n) is 6.01. The summed E-state index contributed by atoms with van der Waals surface area (Å²) in [7, 11) is 2.63. The van der Waals surface area contributed by atoms with E-state index in [1.165, 1.54) is 19.3 Å². The molecular weight excluding hydrogens is 224 g/mol. The summed E-state index contributed by atoms with van der Waals surface area (Å²) in [6.45, 7) is 0.313. The molecule has 0 aliphatic rings. The van der Waals surface area contributed by atoms with Crippen molar-refractivity contribution in [3.05, 3.63) is 0 Å². The predicted octanol–water partition coefficient (Wildman–Crippen LogP) is 2.20. The minimum atomic E-state index is -2.33. The molecule has 0 spiro atoms. The Labute approximate surface area is 100 Å². The summed E-state index contributed by atoms with van der Waals surface area (Å²) in [6.07, 6.45) is 6.71. The van der Waals surface area contributed by atoms with Gasteiger partial charge in [-0.1, -0.05) is 25.7 Å². The first-order chi connectivity index (χ1) is 7.74. The Kier molecular flexibility index (Phi) is 10.3. The summed E-state index contributed by atoms with van der Waals surface area (Å²) < 4.78 is 16.0. The number of hydrogen-bond acceptors (Lipinski definition) is 4. The molecule has 0 amide bonds. The third-order valence-electron chi connectivity index (χ3n) is 2.82. The summed E-state index contributed by atoms with van der Waals surface area (Å²) in [5.74, 6) is 0. The van der Waals surface area contributed by atoms with Gasteiger partial charge in [0.25, 0.3) is 0 Å². The standard InChI is InChI=1S/C11H26O4Si/c1-13-16(14-2,15-3)11-9-7-5-4-6-8-10-12/h12H,4-11H2,1-3H3. The Morgan fingerprint density at radius 2 is 1.19 bits per heavy atom. The van der Waals surface area contributed by atoms with Crippen molar-refractivity contribution >= 4 is 8.80 Å². The smallest absolute Gasteiger partial charge is 0.396 e. The molecule has 0 unspecified atom stereocenters. The van der Waals surface area contributed by atoms with Crippen LogP contribution in [0.1, 0.15) is 38.5 Å². The lowest BCUT2D eigenvalue weighted by atomic mass is 10.1. The van der Waals surface area contributed by atoms with Crippen LogP contribution in [-0.2, 0) is 13.3 Å². The van der Waals surface area contributed by atoms with E-state index in [9.17, 15) is 0 Å². The van der Waals surface area contributed by atoms with E-state index in [-0.39, 0.29) is 0 Å². The van der Waals surface area contributed by atoms with Crippen molar-refractivity contribution in [2.45, 2.75) is 44.6 Å². The Morgan fingerprint density at radius 3 is 1.62 bits per heavy atom. The molecule has 0 fully saturated rings. The quantitative estimate of drug-likeness (QED) is 0.451. The predicted molar refractivity (Wildman–Crippen MR) is 66.4 cm³/mol. The summed E-state index contributed by atoms with van der Waals surface area (Å²) >= 11 is 0. The normalized spacial score (nSPS) is 12.0. The highest BCUT2D eigenvalue weighted by Crippen LogP contribution is 2.18. The van der Waals surface area contributed by atoms with Gasteiger partial charge in [0.05, 0.1) is 0 Å².